The van der Waals surface area contributed by atoms with E-state index in [9.17, 15) is 18.5 Å². The normalized spacial score (nSPS) is 10.9. The van der Waals surface area contributed by atoms with Gasteiger partial charge < -0.3 is 10.2 Å². The van der Waals surface area contributed by atoms with Crippen LogP contribution in [0, 0.1) is 11.3 Å². The number of carbonyl (C=O) groups is 1. The number of rotatable bonds is 6. The molecule has 2 rings (SSSR count). The fourth-order valence-corrected chi connectivity index (χ4v) is 3.68. The molecule has 0 aliphatic heterocycles. The van der Waals surface area contributed by atoms with Gasteiger partial charge in [-0.1, -0.05) is 35.0 Å². The summed E-state index contributed by atoms with van der Waals surface area (Å²) in [5, 5.41) is 11.9. The Balaban J connectivity index is 2.04. The molecule has 27 heavy (non-hydrogen) atoms. The van der Waals surface area contributed by atoms with Gasteiger partial charge in [0.25, 0.3) is 0 Å². The molecule has 2 aromatic rings. The standard InChI is InChI=1S/C19H20BrN3O3S/c1-3-27(25,26)18-9-8-17(12-15(18)13-21)22-19(24)23(2)11-10-14-4-6-16(20)7-5-14/h4-9,12H,3,10-11H2,1-2H3,(H,22,24). The summed E-state index contributed by atoms with van der Waals surface area (Å²) in [6.07, 6.45) is 0.703. The van der Waals surface area contributed by atoms with Crippen molar-refractivity contribution in [2.24, 2.45) is 0 Å². The zero-order valence-corrected chi connectivity index (χ0v) is 17.5. The molecule has 0 aliphatic rings. The molecule has 0 spiro atoms. The topological polar surface area (TPSA) is 90.3 Å². The average molecular weight is 450 g/mol. The molecule has 2 aromatic carbocycles. The van der Waals surface area contributed by atoms with Gasteiger partial charge in [-0.3, -0.25) is 0 Å². The molecule has 0 bridgehead atoms. The summed E-state index contributed by atoms with van der Waals surface area (Å²) < 4.78 is 25.0. The Morgan fingerprint density at radius 3 is 2.48 bits per heavy atom. The predicted octanol–water partition coefficient (Wildman–Crippen LogP) is 3.82. The van der Waals surface area contributed by atoms with Crippen LogP contribution in [0.25, 0.3) is 0 Å². The number of benzene rings is 2. The number of nitrogens with zero attached hydrogens (tertiary/aromatic N) is 2. The van der Waals surface area contributed by atoms with Crippen LogP contribution in [0.1, 0.15) is 18.1 Å². The summed E-state index contributed by atoms with van der Waals surface area (Å²) in [7, 11) is -1.82. The van der Waals surface area contributed by atoms with Gasteiger partial charge in [-0.15, -0.1) is 0 Å². The highest BCUT2D eigenvalue weighted by Crippen LogP contribution is 2.21. The van der Waals surface area contributed by atoms with Crippen molar-refractivity contribution in [2.45, 2.75) is 18.2 Å². The molecule has 0 saturated heterocycles. The Hall–Kier alpha value is -2.37. The first kappa shape index (κ1) is 20.9. The van der Waals surface area contributed by atoms with Gasteiger partial charge in [0.1, 0.15) is 6.07 Å². The minimum absolute atomic E-state index is 0.0194. The van der Waals surface area contributed by atoms with Crippen molar-refractivity contribution in [1.82, 2.24) is 4.90 Å². The summed E-state index contributed by atoms with van der Waals surface area (Å²) in [5.41, 5.74) is 1.51. The summed E-state index contributed by atoms with van der Waals surface area (Å²) in [5.74, 6) is -0.0911. The van der Waals surface area contributed by atoms with E-state index in [1.165, 1.54) is 30.0 Å². The lowest BCUT2D eigenvalue weighted by Gasteiger charge is -2.18. The molecule has 142 valence electrons. The lowest BCUT2D eigenvalue weighted by atomic mass is 10.1. The molecule has 2 amide bonds. The number of carbonyl (C=O) groups excluding carboxylic acids is 1. The minimum atomic E-state index is -3.49. The minimum Gasteiger partial charge on any atom is -0.327 e. The van der Waals surface area contributed by atoms with Crippen LogP contribution in [0.5, 0.6) is 0 Å². The maximum Gasteiger partial charge on any atom is 0.321 e. The van der Waals surface area contributed by atoms with Crippen LogP contribution >= 0.6 is 15.9 Å². The van der Waals surface area contributed by atoms with E-state index in [2.05, 4.69) is 21.2 Å². The Bertz CT molecular complexity index is 967. The second-order valence-corrected chi connectivity index (χ2v) is 9.12. The molecule has 0 fully saturated rings. The number of halogens is 1. The van der Waals surface area contributed by atoms with Crippen LogP contribution in [0.4, 0.5) is 10.5 Å². The number of sulfone groups is 1. The SMILES string of the molecule is CCS(=O)(=O)c1ccc(NC(=O)N(C)CCc2ccc(Br)cc2)cc1C#N. The fourth-order valence-electron chi connectivity index (χ4n) is 2.39. The fraction of sp³-hybridized carbons (Fsp3) is 0.263. The number of nitrogens with one attached hydrogen (secondary N) is 1. The number of urea groups is 1. The van der Waals surface area contributed by atoms with E-state index < -0.39 is 9.84 Å². The number of hydrogen-bond donors (Lipinski definition) is 1. The number of hydrogen-bond acceptors (Lipinski definition) is 4. The maximum absolute atomic E-state index is 12.3. The summed E-state index contributed by atoms with van der Waals surface area (Å²) in [6, 6.07) is 13.6. The first-order valence-corrected chi connectivity index (χ1v) is 10.7. The van der Waals surface area contributed by atoms with Crippen molar-refractivity contribution in [2.75, 3.05) is 24.7 Å². The monoisotopic (exact) mass is 449 g/mol. The van der Waals surface area contributed by atoms with Crippen LogP contribution in [0.2, 0.25) is 0 Å². The van der Waals surface area contributed by atoms with Gasteiger partial charge in [-0.05, 0) is 42.3 Å². The van der Waals surface area contributed by atoms with Crippen molar-refractivity contribution in [3.05, 3.63) is 58.1 Å². The molecule has 0 aliphatic carbocycles. The summed E-state index contributed by atoms with van der Waals surface area (Å²) in [4.78, 5) is 13.8. The number of amides is 2. The maximum atomic E-state index is 12.3. The number of likely N-dealkylation sites (N-methyl/N-ethyl adjacent to an activating group) is 1. The van der Waals surface area contributed by atoms with Gasteiger partial charge in [0, 0.05) is 23.8 Å². The van der Waals surface area contributed by atoms with E-state index in [4.69, 9.17) is 0 Å². The van der Waals surface area contributed by atoms with Crippen LogP contribution < -0.4 is 5.32 Å². The van der Waals surface area contributed by atoms with E-state index >= 15 is 0 Å². The van der Waals surface area contributed by atoms with Gasteiger partial charge in [-0.2, -0.15) is 5.26 Å². The highest BCUT2D eigenvalue weighted by atomic mass is 79.9. The molecule has 0 aromatic heterocycles. The lowest BCUT2D eigenvalue weighted by Crippen LogP contribution is -2.33. The van der Waals surface area contributed by atoms with E-state index in [1.54, 1.807) is 7.05 Å². The summed E-state index contributed by atoms with van der Waals surface area (Å²) >= 11 is 3.38. The predicted molar refractivity (Wildman–Crippen MR) is 108 cm³/mol. The van der Waals surface area contributed by atoms with Crippen LogP contribution in [0.15, 0.2) is 51.8 Å². The Morgan fingerprint density at radius 2 is 1.89 bits per heavy atom. The van der Waals surface area contributed by atoms with Gasteiger partial charge in [0.05, 0.1) is 16.2 Å². The highest BCUT2D eigenvalue weighted by Gasteiger charge is 2.18. The van der Waals surface area contributed by atoms with Crippen molar-refractivity contribution in [3.63, 3.8) is 0 Å². The van der Waals surface area contributed by atoms with Crippen LogP contribution in [-0.2, 0) is 16.3 Å². The molecule has 0 saturated carbocycles. The number of nitriles is 1. The highest BCUT2D eigenvalue weighted by molar-refractivity contribution is 9.10. The molecule has 0 radical (unpaired) electrons. The molecule has 6 nitrogen and oxygen atoms in total. The van der Waals surface area contributed by atoms with Crippen molar-refractivity contribution in [3.8, 4) is 6.07 Å². The quantitative estimate of drug-likeness (QED) is 0.725. The molecule has 0 heterocycles. The van der Waals surface area contributed by atoms with Gasteiger partial charge >= 0.3 is 6.03 Å². The first-order chi connectivity index (χ1) is 12.8. The van der Waals surface area contributed by atoms with Crippen molar-refractivity contribution in [1.29, 1.82) is 5.26 Å². The molecule has 0 unspecified atom stereocenters. The van der Waals surface area contributed by atoms with Crippen molar-refractivity contribution >= 4 is 37.5 Å². The molecule has 8 heteroatoms. The largest absolute Gasteiger partial charge is 0.327 e. The first-order valence-electron chi connectivity index (χ1n) is 8.30. The van der Waals surface area contributed by atoms with Crippen LogP contribution in [0.3, 0.4) is 0 Å². The zero-order valence-electron chi connectivity index (χ0n) is 15.1. The lowest BCUT2D eigenvalue weighted by molar-refractivity contribution is 0.223. The van der Waals surface area contributed by atoms with Crippen molar-refractivity contribution < 1.29 is 13.2 Å². The van der Waals surface area contributed by atoms with E-state index in [-0.39, 0.29) is 22.2 Å². The third-order valence-corrected chi connectivity index (χ3v) is 6.38. The van der Waals surface area contributed by atoms with E-state index in [0.29, 0.717) is 18.7 Å². The molecular weight excluding hydrogens is 430 g/mol. The van der Waals surface area contributed by atoms with Gasteiger partial charge in [0.2, 0.25) is 0 Å². The van der Waals surface area contributed by atoms with Gasteiger partial charge in [0.15, 0.2) is 9.84 Å². The molecular formula is C19H20BrN3O3S. The second-order valence-electron chi connectivity index (χ2n) is 5.95. The van der Waals surface area contributed by atoms with Crippen LogP contribution in [-0.4, -0.2) is 38.7 Å². The van der Waals surface area contributed by atoms with E-state index in [1.807, 2.05) is 30.3 Å². The molecule has 0 atom stereocenters. The second kappa shape index (κ2) is 9.02. The molecule has 1 N–H and O–H groups in total. The third-order valence-electron chi connectivity index (χ3n) is 4.06. The Kier molecular flexibility index (Phi) is 6.99. The average Bonchev–Trinajstić information content (AvgIpc) is 2.66. The Morgan fingerprint density at radius 1 is 1.22 bits per heavy atom. The van der Waals surface area contributed by atoms with Gasteiger partial charge in [-0.25, -0.2) is 13.2 Å². The Labute approximate surface area is 167 Å². The third kappa shape index (κ3) is 5.55. The smallest absolute Gasteiger partial charge is 0.321 e. The van der Waals surface area contributed by atoms with E-state index in [0.717, 1.165) is 10.0 Å². The number of anilines is 1. The summed E-state index contributed by atoms with van der Waals surface area (Å²) in [6.45, 7) is 2.04. The zero-order chi connectivity index (χ0) is 20.0.